The molecule has 0 aromatic carbocycles. The summed E-state index contributed by atoms with van der Waals surface area (Å²) in [4.78, 5) is 14.0. The summed E-state index contributed by atoms with van der Waals surface area (Å²) in [6, 6.07) is 0. The summed E-state index contributed by atoms with van der Waals surface area (Å²) in [5, 5.41) is 3.36. The second-order valence-corrected chi connectivity index (χ2v) is 5.46. The molecule has 1 N–H and O–H groups in total. The Bertz CT molecular complexity index is 228. The van der Waals surface area contributed by atoms with Gasteiger partial charge < -0.3 is 10.2 Å². The monoisotopic (exact) mass is 224 g/mol. The summed E-state index contributed by atoms with van der Waals surface area (Å²) in [5.74, 6) is 1.94. The minimum Gasteiger partial charge on any atom is -0.343 e. The molecule has 3 heteroatoms. The first-order valence-corrected chi connectivity index (χ1v) is 6.74. The molecule has 0 aromatic heterocycles. The highest BCUT2D eigenvalue weighted by molar-refractivity contribution is 5.76. The van der Waals surface area contributed by atoms with Crippen LogP contribution in [0.15, 0.2) is 0 Å². The van der Waals surface area contributed by atoms with Crippen molar-refractivity contribution in [3.8, 4) is 0 Å². The molecule has 1 amide bonds. The van der Waals surface area contributed by atoms with Crippen molar-refractivity contribution in [1.29, 1.82) is 0 Å². The average molecular weight is 224 g/mol. The molecular weight excluding hydrogens is 200 g/mol. The van der Waals surface area contributed by atoms with Crippen LogP contribution in [0.4, 0.5) is 0 Å². The van der Waals surface area contributed by atoms with E-state index in [0.717, 1.165) is 50.9 Å². The summed E-state index contributed by atoms with van der Waals surface area (Å²) in [7, 11) is 0. The van der Waals surface area contributed by atoms with Crippen LogP contribution in [0.1, 0.15) is 39.0 Å². The summed E-state index contributed by atoms with van der Waals surface area (Å²) in [6.07, 6.45) is 5.48. The highest BCUT2D eigenvalue weighted by Gasteiger charge is 2.21. The molecule has 0 aliphatic carbocycles. The minimum atomic E-state index is 0.388. The van der Waals surface area contributed by atoms with Crippen molar-refractivity contribution in [3.63, 3.8) is 0 Å². The van der Waals surface area contributed by atoms with Crippen molar-refractivity contribution >= 4 is 5.91 Å². The van der Waals surface area contributed by atoms with Crippen LogP contribution in [-0.4, -0.2) is 37.0 Å². The van der Waals surface area contributed by atoms with E-state index in [1.165, 1.54) is 19.3 Å². The second-order valence-electron chi connectivity index (χ2n) is 5.46. The number of piperidine rings is 1. The second kappa shape index (κ2) is 5.67. The molecule has 2 rings (SSSR count). The number of nitrogens with one attached hydrogen (secondary N) is 1. The highest BCUT2D eigenvalue weighted by Crippen LogP contribution is 2.19. The van der Waals surface area contributed by atoms with Crippen molar-refractivity contribution in [2.24, 2.45) is 11.8 Å². The molecule has 2 aliphatic heterocycles. The number of carbonyl (C=O) groups excluding carboxylic acids is 1. The molecule has 92 valence electrons. The van der Waals surface area contributed by atoms with E-state index < -0.39 is 0 Å². The van der Waals surface area contributed by atoms with E-state index in [0.29, 0.717) is 5.91 Å². The Hall–Kier alpha value is -0.570. The first-order chi connectivity index (χ1) is 7.75. The van der Waals surface area contributed by atoms with E-state index in [1.807, 2.05) is 0 Å². The van der Waals surface area contributed by atoms with Gasteiger partial charge in [0.05, 0.1) is 0 Å². The zero-order valence-corrected chi connectivity index (χ0v) is 10.4. The van der Waals surface area contributed by atoms with Gasteiger partial charge in [0.1, 0.15) is 0 Å². The van der Waals surface area contributed by atoms with Gasteiger partial charge in [0.15, 0.2) is 0 Å². The molecule has 0 saturated carbocycles. The van der Waals surface area contributed by atoms with Crippen LogP contribution < -0.4 is 5.32 Å². The topological polar surface area (TPSA) is 32.3 Å². The Morgan fingerprint density at radius 1 is 1.31 bits per heavy atom. The van der Waals surface area contributed by atoms with Gasteiger partial charge in [0, 0.05) is 19.5 Å². The van der Waals surface area contributed by atoms with Gasteiger partial charge in [0.2, 0.25) is 5.91 Å². The summed E-state index contributed by atoms with van der Waals surface area (Å²) in [5.41, 5.74) is 0. The third-order valence-corrected chi connectivity index (χ3v) is 4.07. The third-order valence-electron chi connectivity index (χ3n) is 4.07. The molecular formula is C13H24N2O. The molecule has 0 bridgehead atoms. The van der Waals surface area contributed by atoms with Gasteiger partial charge in [-0.3, -0.25) is 4.79 Å². The Morgan fingerprint density at radius 3 is 2.69 bits per heavy atom. The van der Waals surface area contributed by atoms with Crippen LogP contribution >= 0.6 is 0 Å². The normalized spacial score (nSPS) is 27.3. The fourth-order valence-electron chi connectivity index (χ4n) is 2.70. The van der Waals surface area contributed by atoms with Crippen molar-refractivity contribution in [2.45, 2.75) is 39.0 Å². The predicted molar refractivity (Wildman–Crippen MR) is 65.2 cm³/mol. The standard InChI is InChI=1S/C13H24N2O/c1-11-5-8-15(9-6-11)13(16)3-2-12-4-7-14-10-12/h11-12,14H,2-10H2,1H3. The van der Waals surface area contributed by atoms with Crippen LogP contribution in [-0.2, 0) is 4.79 Å². The molecule has 1 unspecified atom stereocenters. The van der Waals surface area contributed by atoms with E-state index >= 15 is 0 Å². The van der Waals surface area contributed by atoms with Gasteiger partial charge in [-0.15, -0.1) is 0 Å². The Balaban J connectivity index is 1.67. The van der Waals surface area contributed by atoms with Crippen LogP contribution in [0.3, 0.4) is 0 Å². The van der Waals surface area contributed by atoms with Gasteiger partial charge in [-0.05, 0) is 50.6 Å². The minimum absolute atomic E-state index is 0.388. The van der Waals surface area contributed by atoms with Crippen molar-refractivity contribution in [3.05, 3.63) is 0 Å². The molecule has 0 radical (unpaired) electrons. The average Bonchev–Trinajstić information content (AvgIpc) is 2.80. The third kappa shape index (κ3) is 3.21. The molecule has 3 nitrogen and oxygen atoms in total. The SMILES string of the molecule is CC1CCN(C(=O)CCC2CCNC2)CC1. The maximum Gasteiger partial charge on any atom is 0.222 e. The van der Waals surface area contributed by atoms with Gasteiger partial charge >= 0.3 is 0 Å². The lowest BCUT2D eigenvalue weighted by atomic mass is 9.98. The number of hydrogen-bond acceptors (Lipinski definition) is 2. The lowest BCUT2D eigenvalue weighted by molar-refractivity contribution is -0.132. The zero-order chi connectivity index (χ0) is 11.4. The van der Waals surface area contributed by atoms with Crippen LogP contribution in [0.5, 0.6) is 0 Å². The fraction of sp³-hybridized carbons (Fsp3) is 0.923. The molecule has 0 spiro atoms. The molecule has 1 atom stereocenters. The van der Waals surface area contributed by atoms with Crippen molar-refractivity contribution in [1.82, 2.24) is 10.2 Å². The van der Waals surface area contributed by atoms with E-state index in [2.05, 4.69) is 17.1 Å². The van der Waals surface area contributed by atoms with E-state index in [4.69, 9.17) is 0 Å². The lowest BCUT2D eigenvalue weighted by Gasteiger charge is -2.30. The first kappa shape index (κ1) is 11.9. The molecule has 0 aromatic rings. The largest absolute Gasteiger partial charge is 0.343 e. The highest BCUT2D eigenvalue weighted by atomic mass is 16.2. The fourth-order valence-corrected chi connectivity index (χ4v) is 2.70. The van der Waals surface area contributed by atoms with E-state index in [1.54, 1.807) is 0 Å². The number of hydrogen-bond donors (Lipinski definition) is 1. The first-order valence-electron chi connectivity index (χ1n) is 6.74. The Kier molecular flexibility index (Phi) is 4.22. The molecule has 2 heterocycles. The van der Waals surface area contributed by atoms with Gasteiger partial charge in [0.25, 0.3) is 0 Å². The molecule has 16 heavy (non-hydrogen) atoms. The molecule has 2 aliphatic rings. The Labute approximate surface area is 98.6 Å². The number of rotatable bonds is 3. The number of amides is 1. The summed E-state index contributed by atoms with van der Waals surface area (Å²) < 4.78 is 0. The number of carbonyl (C=O) groups is 1. The number of nitrogens with zero attached hydrogens (tertiary/aromatic N) is 1. The van der Waals surface area contributed by atoms with Crippen molar-refractivity contribution in [2.75, 3.05) is 26.2 Å². The smallest absolute Gasteiger partial charge is 0.222 e. The van der Waals surface area contributed by atoms with Crippen LogP contribution in [0.2, 0.25) is 0 Å². The van der Waals surface area contributed by atoms with Gasteiger partial charge in [-0.25, -0.2) is 0 Å². The van der Waals surface area contributed by atoms with Crippen LogP contribution in [0.25, 0.3) is 0 Å². The molecule has 2 saturated heterocycles. The van der Waals surface area contributed by atoms with Gasteiger partial charge in [-0.1, -0.05) is 6.92 Å². The summed E-state index contributed by atoms with van der Waals surface area (Å²) in [6.45, 7) is 6.52. The van der Waals surface area contributed by atoms with Crippen molar-refractivity contribution < 1.29 is 4.79 Å². The summed E-state index contributed by atoms with van der Waals surface area (Å²) >= 11 is 0. The predicted octanol–water partition coefficient (Wildman–Crippen LogP) is 1.63. The maximum absolute atomic E-state index is 12.0. The molecule has 2 fully saturated rings. The quantitative estimate of drug-likeness (QED) is 0.790. The van der Waals surface area contributed by atoms with Crippen LogP contribution in [0, 0.1) is 11.8 Å². The van der Waals surface area contributed by atoms with E-state index in [9.17, 15) is 4.79 Å². The zero-order valence-electron chi connectivity index (χ0n) is 10.4. The maximum atomic E-state index is 12.0. The number of likely N-dealkylation sites (tertiary alicyclic amines) is 1. The van der Waals surface area contributed by atoms with E-state index in [-0.39, 0.29) is 0 Å². The lowest BCUT2D eigenvalue weighted by Crippen LogP contribution is -2.38. The van der Waals surface area contributed by atoms with Gasteiger partial charge in [-0.2, -0.15) is 0 Å². The Morgan fingerprint density at radius 2 is 2.06 bits per heavy atom.